The Kier molecular flexibility index (Phi) is 15.7. The molecule has 4 fully saturated rings. The monoisotopic (exact) mass is 895 g/mol. The Labute approximate surface area is 368 Å². The number of alkyl halides is 6. The highest BCUT2D eigenvalue weighted by molar-refractivity contribution is 5.84. The molecular formula is C47H68F6N6O4. The van der Waals surface area contributed by atoms with Gasteiger partial charge in [-0.05, 0) is 123 Å². The van der Waals surface area contributed by atoms with Crippen LogP contribution in [0.5, 0.6) is 0 Å². The van der Waals surface area contributed by atoms with Crippen LogP contribution in [0, 0.1) is 22.7 Å². The average molecular weight is 895 g/mol. The third kappa shape index (κ3) is 11.1. The van der Waals surface area contributed by atoms with E-state index in [1.165, 1.54) is 24.3 Å². The van der Waals surface area contributed by atoms with Gasteiger partial charge in [-0.25, -0.2) is 10.9 Å². The van der Waals surface area contributed by atoms with Crippen molar-refractivity contribution in [3.05, 3.63) is 69.8 Å². The number of fused-ring (bicyclic) bond motifs is 2. The van der Waals surface area contributed by atoms with E-state index < -0.39 is 34.3 Å². The van der Waals surface area contributed by atoms with Crippen LogP contribution in [0.15, 0.2) is 36.4 Å². The fourth-order valence-corrected chi connectivity index (χ4v) is 10.6. The molecule has 2 amide bonds. The normalized spacial score (nSPS) is 27.1. The zero-order valence-electron chi connectivity index (χ0n) is 36.5. The second-order valence-electron chi connectivity index (χ2n) is 19.0. The zero-order valence-corrected chi connectivity index (χ0v) is 36.5. The quantitative estimate of drug-likeness (QED) is 0.195. The molecule has 2 aliphatic carbocycles. The molecule has 10 nitrogen and oxygen atoms in total. The summed E-state index contributed by atoms with van der Waals surface area (Å²) in [5.41, 5.74) is 6.70. The van der Waals surface area contributed by atoms with Crippen LogP contribution in [0.2, 0.25) is 0 Å². The predicted molar refractivity (Wildman–Crippen MR) is 228 cm³/mol. The van der Waals surface area contributed by atoms with Gasteiger partial charge in [-0.1, -0.05) is 47.3 Å². The molecular weight excluding hydrogens is 827 g/mol. The van der Waals surface area contributed by atoms with Gasteiger partial charge >= 0.3 is 12.4 Å². The molecule has 63 heavy (non-hydrogen) atoms. The van der Waals surface area contributed by atoms with E-state index >= 15 is 0 Å². The lowest BCUT2D eigenvalue weighted by Crippen LogP contribution is -2.53. The molecule has 2 saturated carbocycles. The standard InChI is InChI=1S/2C23H32F3N3O2.CH4/c1-15(2)22(8-5-20(12-22)28-19-6-9-31-10-7-19)21(30)29-14-16-3-4-18(23(24,25)26)11-17(16)13-27-29;1-15(2)22(8-5-20(12-22)28-19-6-9-31-10-7-19)21(30)29-14-17-11-18(23(24,25)26)4-3-16(17)13-27-29;/h2*3-4,11,15,19-20,27-28H,5-10,12-14H2,1-2H3;1H4/t2*20-,22+;/m11./s1. The first kappa shape index (κ1) is 49.2. The van der Waals surface area contributed by atoms with Crippen molar-refractivity contribution in [2.24, 2.45) is 22.7 Å². The first-order valence-corrected chi connectivity index (χ1v) is 22.5. The Morgan fingerprint density at radius 3 is 1.43 bits per heavy atom. The predicted octanol–water partition coefficient (Wildman–Crippen LogP) is 8.67. The van der Waals surface area contributed by atoms with Gasteiger partial charge in [-0.2, -0.15) is 26.3 Å². The van der Waals surface area contributed by atoms with Gasteiger partial charge in [0, 0.05) is 63.7 Å². The molecule has 6 aliphatic rings. The number of nitrogens with zero attached hydrogens (tertiary/aromatic N) is 2. The number of halogens is 6. The van der Waals surface area contributed by atoms with E-state index in [0.29, 0.717) is 42.3 Å². The van der Waals surface area contributed by atoms with Crippen molar-refractivity contribution < 1.29 is 45.4 Å². The molecule has 0 unspecified atom stereocenters. The van der Waals surface area contributed by atoms with Crippen LogP contribution in [0.25, 0.3) is 0 Å². The highest BCUT2D eigenvalue weighted by Gasteiger charge is 2.51. The van der Waals surface area contributed by atoms with Crippen molar-refractivity contribution in [3.63, 3.8) is 0 Å². The summed E-state index contributed by atoms with van der Waals surface area (Å²) in [7, 11) is 0. The van der Waals surface area contributed by atoms with E-state index in [0.717, 1.165) is 114 Å². The van der Waals surface area contributed by atoms with Gasteiger partial charge in [0.1, 0.15) is 0 Å². The van der Waals surface area contributed by atoms with Gasteiger partial charge in [0.2, 0.25) is 11.8 Å². The number of hydrazine groups is 2. The van der Waals surface area contributed by atoms with Crippen molar-refractivity contribution in [1.82, 2.24) is 31.5 Å². The molecule has 4 heterocycles. The van der Waals surface area contributed by atoms with E-state index in [-0.39, 0.29) is 50.2 Å². The Hall–Kier alpha value is -3.28. The molecule has 2 saturated heterocycles. The summed E-state index contributed by atoms with van der Waals surface area (Å²) in [6, 6.07) is 9.06. The Balaban J connectivity index is 0.000000206. The van der Waals surface area contributed by atoms with Crippen LogP contribution >= 0.6 is 0 Å². The summed E-state index contributed by atoms with van der Waals surface area (Å²) in [6.45, 7) is 12.5. The lowest BCUT2D eigenvalue weighted by Gasteiger charge is -2.40. The fourth-order valence-electron chi connectivity index (χ4n) is 10.6. The smallest absolute Gasteiger partial charge is 0.381 e. The summed E-state index contributed by atoms with van der Waals surface area (Å²) < 4.78 is 89.4. The van der Waals surface area contributed by atoms with Gasteiger partial charge in [-0.15, -0.1) is 0 Å². The number of hydrogen-bond acceptors (Lipinski definition) is 8. The lowest BCUT2D eigenvalue weighted by molar-refractivity contribution is -0.150. The molecule has 4 atom stereocenters. The number of carbonyl (C=O) groups is 2. The molecule has 4 aliphatic heterocycles. The minimum absolute atomic E-state index is 0. The maximum Gasteiger partial charge on any atom is 0.416 e. The third-order valence-electron chi connectivity index (χ3n) is 14.7. The SMILES string of the molecule is C.CC(C)[C@]1(C(=O)N2Cc3cc(C(F)(F)F)ccc3CN2)CC[C@@H](NC2CCOCC2)C1.CC(C)[C@]1(C(=O)N2Cc3ccc(C(F)(F)F)cc3CN2)CC[C@@H](NC2CCOCC2)C1. The lowest BCUT2D eigenvalue weighted by atomic mass is 9.74. The number of nitrogens with one attached hydrogen (secondary N) is 4. The molecule has 8 rings (SSSR count). The Morgan fingerprint density at radius 2 is 1.00 bits per heavy atom. The molecule has 4 N–H and O–H groups in total. The molecule has 0 spiro atoms. The maximum absolute atomic E-state index is 13.7. The number of hydrogen-bond donors (Lipinski definition) is 4. The topological polar surface area (TPSA) is 107 Å². The molecule has 0 bridgehead atoms. The van der Waals surface area contributed by atoms with Gasteiger partial charge in [0.05, 0.1) is 35.0 Å². The molecule has 16 heteroatoms. The van der Waals surface area contributed by atoms with E-state index in [1.54, 1.807) is 10.0 Å². The van der Waals surface area contributed by atoms with Crippen LogP contribution in [0.3, 0.4) is 0 Å². The van der Waals surface area contributed by atoms with E-state index in [4.69, 9.17) is 9.47 Å². The first-order valence-electron chi connectivity index (χ1n) is 22.5. The number of carbonyl (C=O) groups excluding carboxylic acids is 2. The fraction of sp³-hybridized carbons (Fsp3) is 0.702. The average Bonchev–Trinajstić information content (AvgIpc) is 3.89. The summed E-state index contributed by atoms with van der Waals surface area (Å²) in [5, 5.41) is 10.7. The molecule has 0 aromatic heterocycles. The van der Waals surface area contributed by atoms with E-state index in [2.05, 4.69) is 49.2 Å². The Bertz CT molecular complexity index is 1880. The van der Waals surface area contributed by atoms with Crippen molar-refractivity contribution in [1.29, 1.82) is 0 Å². The van der Waals surface area contributed by atoms with Crippen LogP contribution in [-0.2, 0) is 57.6 Å². The molecule has 0 radical (unpaired) electrons. The summed E-state index contributed by atoms with van der Waals surface area (Å²) in [6.07, 6.45) is 0.296. The van der Waals surface area contributed by atoms with Crippen molar-refractivity contribution >= 4 is 11.8 Å². The van der Waals surface area contributed by atoms with Crippen LogP contribution < -0.4 is 21.5 Å². The highest BCUT2D eigenvalue weighted by Crippen LogP contribution is 2.48. The van der Waals surface area contributed by atoms with Crippen LogP contribution in [-0.4, -0.2) is 72.4 Å². The van der Waals surface area contributed by atoms with Gasteiger partial charge in [-0.3, -0.25) is 19.6 Å². The van der Waals surface area contributed by atoms with Crippen LogP contribution in [0.4, 0.5) is 26.3 Å². The Morgan fingerprint density at radius 1 is 0.603 bits per heavy atom. The second kappa shape index (κ2) is 20.1. The van der Waals surface area contributed by atoms with Crippen molar-refractivity contribution in [2.75, 3.05) is 26.4 Å². The minimum atomic E-state index is -4.39. The molecule has 2 aromatic carbocycles. The van der Waals surface area contributed by atoms with Crippen molar-refractivity contribution in [2.45, 2.75) is 162 Å². The number of rotatable bonds is 8. The highest BCUT2D eigenvalue weighted by atomic mass is 19.4. The van der Waals surface area contributed by atoms with Gasteiger partial charge in [0.15, 0.2) is 0 Å². The van der Waals surface area contributed by atoms with Gasteiger partial charge in [0.25, 0.3) is 0 Å². The third-order valence-corrected chi connectivity index (χ3v) is 14.7. The second-order valence-corrected chi connectivity index (χ2v) is 19.0. The van der Waals surface area contributed by atoms with E-state index in [9.17, 15) is 35.9 Å². The number of ether oxygens (including phenoxy) is 2. The van der Waals surface area contributed by atoms with Crippen molar-refractivity contribution in [3.8, 4) is 0 Å². The number of amides is 2. The van der Waals surface area contributed by atoms with Gasteiger partial charge < -0.3 is 20.1 Å². The van der Waals surface area contributed by atoms with E-state index in [1.807, 2.05) is 0 Å². The number of benzene rings is 2. The van der Waals surface area contributed by atoms with Crippen LogP contribution in [0.1, 0.15) is 133 Å². The first-order chi connectivity index (χ1) is 29.4. The molecule has 2 aromatic rings. The maximum atomic E-state index is 13.7. The minimum Gasteiger partial charge on any atom is -0.381 e. The largest absolute Gasteiger partial charge is 0.416 e. The summed E-state index contributed by atoms with van der Waals surface area (Å²) >= 11 is 0. The zero-order chi connectivity index (χ0) is 44.5. The summed E-state index contributed by atoms with van der Waals surface area (Å²) in [4.78, 5) is 27.4. The molecule has 352 valence electrons. The summed E-state index contributed by atoms with van der Waals surface area (Å²) in [5.74, 6) is 0.384.